The summed E-state index contributed by atoms with van der Waals surface area (Å²) in [6.07, 6.45) is 0. The van der Waals surface area contributed by atoms with Crippen molar-refractivity contribution < 1.29 is 15.0 Å². The zero-order chi connectivity index (χ0) is 11.4. The van der Waals surface area contributed by atoms with E-state index in [1.54, 1.807) is 24.3 Å². The van der Waals surface area contributed by atoms with Crippen LogP contribution in [0.5, 0.6) is 5.75 Å². The normalized spacial score (nSPS) is 12.7. The molecule has 0 spiro atoms. The summed E-state index contributed by atoms with van der Waals surface area (Å²) >= 11 is 1.18. The molecule has 1 aromatic carbocycles. The van der Waals surface area contributed by atoms with Gasteiger partial charge in [-0.05, 0) is 18.1 Å². The highest BCUT2D eigenvalue weighted by molar-refractivity contribution is 8.00. The van der Waals surface area contributed by atoms with Crippen LogP contribution in [-0.2, 0) is 4.79 Å². The highest BCUT2D eigenvalue weighted by Crippen LogP contribution is 2.34. The number of rotatable bonds is 4. The van der Waals surface area contributed by atoms with Crippen LogP contribution < -0.4 is 0 Å². The maximum absolute atomic E-state index is 11.0. The number of aliphatic carboxylic acids is 1. The lowest BCUT2D eigenvalue weighted by atomic mass is 10.1. The molecule has 15 heavy (non-hydrogen) atoms. The Balaban J connectivity index is 2.84. The number of carbonyl (C=O) groups is 1. The Morgan fingerprint density at radius 2 is 1.93 bits per heavy atom. The number of hydrogen-bond donors (Lipinski definition) is 2. The zero-order valence-electron chi connectivity index (χ0n) is 8.68. The third-order valence-electron chi connectivity index (χ3n) is 1.97. The maximum Gasteiger partial charge on any atom is 0.317 e. The first kappa shape index (κ1) is 11.9. The van der Waals surface area contributed by atoms with Gasteiger partial charge in [0.25, 0.3) is 0 Å². The Hall–Kier alpha value is -1.16. The molecule has 2 N–H and O–H groups in total. The summed E-state index contributed by atoms with van der Waals surface area (Å²) in [6, 6.07) is 6.77. The summed E-state index contributed by atoms with van der Waals surface area (Å²) in [5.41, 5.74) is 0. The van der Waals surface area contributed by atoms with E-state index in [2.05, 4.69) is 0 Å². The fourth-order valence-corrected chi connectivity index (χ4v) is 2.16. The fraction of sp³-hybridized carbons (Fsp3) is 0.364. The van der Waals surface area contributed by atoms with Crippen LogP contribution in [0, 0.1) is 5.92 Å². The second kappa shape index (κ2) is 5.07. The molecule has 82 valence electrons. The van der Waals surface area contributed by atoms with Crippen LogP contribution in [0.1, 0.15) is 13.8 Å². The molecule has 1 unspecified atom stereocenters. The van der Waals surface area contributed by atoms with Crippen molar-refractivity contribution in [2.45, 2.75) is 24.0 Å². The Morgan fingerprint density at radius 3 is 2.40 bits per heavy atom. The summed E-state index contributed by atoms with van der Waals surface area (Å²) in [7, 11) is 0. The van der Waals surface area contributed by atoms with Gasteiger partial charge in [0.2, 0.25) is 0 Å². The van der Waals surface area contributed by atoms with Gasteiger partial charge in [-0.2, -0.15) is 0 Å². The second-order valence-corrected chi connectivity index (χ2v) is 4.77. The molecule has 0 saturated heterocycles. The number of phenols is 1. The molecule has 3 nitrogen and oxygen atoms in total. The minimum Gasteiger partial charge on any atom is -0.507 e. The van der Waals surface area contributed by atoms with E-state index < -0.39 is 11.2 Å². The molecule has 0 bridgehead atoms. The number of para-hydroxylation sites is 1. The molecule has 0 aliphatic rings. The molecule has 0 amide bonds. The number of thioether (sulfide) groups is 1. The van der Waals surface area contributed by atoms with Crippen LogP contribution in [0.25, 0.3) is 0 Å². The summed E-state index contributed by atoms with van der Waals surface area (Å²) in [6.45, 7) is 3.71. The van der Waals surface area contributed by atoms with Gasteiger partial charge in [-0.1, -0.05) is 26.0 Å². The van der Waals surface area contributed by atoms with E-state index in [0.29, 0.717) is 4.90 Å². The minimum absolute atomic E-state index is 0.0205. The summed E-state index contributed by atoms with van der Waals surface area (Å²) in [5, 5.41) is 18.0. The number of hydrogen-bond acceptors (Lipinski definition) is 3. The summed E-state index contributed by atoms with van der Waals surface area (Å²) in [5.74, 6) is -0.695. The van der Waals surface area contributed by atoms with Crippen LogP contribution >= 0.6 is 11.8 Å². The molecule has 0 aromatic heterocycles. The lowest BCUT2D eigenvalue weighted by Crippen LogP contribution is -2.22. The van der Waals surface area contributed by atoms with E-state index in [0.717, 1.165) is 0 Å². The molecule has 1 aromatic rings. The van der Waals surface area contributed by atoms with E-state index in [4.69, 9.17) is 5.11 Å². The van der Waals surface area contributed by atoms with Crippen molar-refractivity contribution in [3.8, 4) is 5.75 Å². The summed E-state index contributed by atoms with van der Waals surface area (Å²) in [4.78, 5) is 11.6. The number of carboxylic acid groups (broad SMARTS) is 1. The van der Waals surface area contributed by atoms with Crippen molar-refractivity contribution in [1.29, 1.82) is 0 Å². The Labute approximate surface area is 93.1 Å². The Kier molecular flexibility index (Phi) is 4.03. The first-order valence-electron chi connectivity index (χ1n) is 4.70. The van der Waals surface area contributed by atoms with Gasteiger partial charge < -0.3 is 10.2 Å². The average molecular weight is 226 g/mol. The van der Waals surface area contributed by atoms with Crippen LogP contribution in [-0.4, -0.2) is 21.4 Å². The van der Waals surface area contributed by atoms with Crippen LogP contribution in [0.3, 0.4) is 0 Å². The van der Waals surface area contributed by atoms with Gasteiger partial charge in [0.05, 0.1) is 0 Å². The maximum atomic E-state index is 11.0. The van der Waals surface area contributed by atoms with E-state index in [-0.39, 0.29) is 11.7 Å². The largest absolute Gasteiger partial charge is 0.507 e. The molecule has 0 radical (unpaired) electrons. The zero-order valence-corrected chi connectivity index (χ0v) is 9.49. The molecule has 1 rings (SSSR count). The highest BCUT2D eigenvalue weighted by atomic mass is 32.2. The quantitative estimate of drug-likeness (QED) is 0.775. The van der Waals surface area contributed by atoms with Gasteiger partial charge in [0.1, 0.15) is 11.0 Å². The van der Waals surface area contributed by atoms with Crippen LogP contribution in [0.15, 0.2) is 29.2 Å². The van der Waals surface area contributed by atoms with E-state index in [1.165, 1.54) is 11.8 Å². The van der Waals surface area contributed by atoms with Crippen molar-refractivity contribution in [2.24, 2.45) is 5.92 Å². The molecule has 0 heterocycles. The van der Waals surface area contributed by atoms with Gasteiger partial charge in [0, 0.05) is 4.90 Å². The van der Waals surface area contributed by atoms with Crippen molar-refractivity contribution in [1.82, 2.24) is 0 Å². The SMILES string of the molecule is CC(C)C(Sc1ccccc1O)C(=O)O. The van der Waals surface area contributed by atoms with E-state index >= 15 is 0 Å². The van der Waals surface area contributed by atoms with Crippen molar-refractivity contribution in [3.63, 3.8) is 0 Å². The predicted octanol–water partition coefficient (Wildman–Crippen LogP) is 2.59. The molecule has 0 aliphatic heterocycles. The molecule has 0 fully saturated rings. The lowest BCUT2D eigenvalue weighted by molar-refractivity contribution is -0.137. The molecule has 4 heteroatoms. The number of benzene rings is 1. The third-order valence-corrected chi connectivity index (χ3v) is 3.57. The first-order valence-corrected chi connectivity index (χ1v) is 5.57. The second-order valence-electron chi connectivity index (χ2n) is 3.59. The molecule has 1 atom stereocenters. The summed E-state index contributed by atoms with van der Waals surface area (Å²) < 4.78 is 0. The first-order chi connectivity index (χ1) is 7.02. The Bertz CT molecular complexity index is 349. The van der Waals surface area contributed by atoms with E-state index in [9.17, 15) is 9.90 Å². The van der Waals surface area contributed by atoms with Gasteiger partial charge in [-0.3, -0.25) is 4.79 Å². The molecular weight excluding hydrogens is 212 g/mol. The minimum atomic E-state index is -0.849. The standard InChI is InChI=1S/C11H14O3S/c1-7(2)10(11(13)14)15-9-6-4-3-5-8(9)12/h3-7,10,12H,1-2H3,(H,13,14). The number of carboxylic acids is 1. The van der Waals surface area contributed by atoms with Crippen LogP contribution in [0.2, 0.25) is 0 Å². The molecule has 0 saturated carbocycles. The van der Waals surface area contributed by atoms with Gasteiger partial charge >= 0.3 is 5.97 Å². The average Bonchev–Trinajstić information content (AvgIpc) is 2.15. The van der Waals surface area contributed by atoms with Crippen molar-refractivity contribution in [3.05, 3.63) is 24.3 Å². The van der Waals surface area contributed by atoms with Gasteiger partial charge in [-0.15, -0.1) is 11.8 Å². The predicted molar refractivity (Wildman–Crippen MR) is 60.2 cm³/mol. The van der Waals surface area contributed by atoms with Gasteiger partial charge in [-0.25, -0.2) is 0 Å². The fourth-order valence-electron chi connectivity index (χ4n) is 1.17. The number of aromatic hydroxyl groups is 1. The van der Waals surface area contributed by atoms with Gasteiger partial charge in [0.15, 0.2) is 0 Å². The number of phenolic OH excluding ortho intramolecular Hbond substituents is 1. The Morgan fingerprint density at radius 1 is 1.33 bits per heavy atom. The third kappa shape index (κ3) is 3.16. The van der Waals surface area contributed by atoms with Crippen molar-refractivity contribution in [2.75, 3.05) is 0 Å². The smallest absolute Gasteiger partial charge is 0.317 e. The van der Waals surface area contributed by atoms with E-state index in [1.807, 2.05) is 13.8 Å². The van der Waals surface area contributed by atoms with Crippen molar-refractivity contribution >= 4 is 17.7 Å². The highest BCUT2D eigenvalue weighted by Gasteiger charge is 2.23. The van der Waals surface area contributed by atoms with Crippen LogP contribution in [0.4, 0.5) is 0 Å². The molecular formula is C11H14O3S. The molecule has 0 aliphatic carbocycles. The topological polar surface area (TPSA) is 57.5 Å². The monoisotopic (exact) mass is 226 g/mol. The lowest BCUT2D eigenvalue weighted by Gasteiger charge is -2.15.